The van der Waals surface area contributed by atoms with Gasteiger partial charge in [-0.05, 0) is 32.4 Å². The fraction of sp³-hybridized carbons (Fsp3) is 0.750. The summed E-state index contributed by atoms with van der Waals surface area (Å²) < 4.78 is 7.41. The van der Waals surface area contributed by atoms with E-state index in [4.69, 9.17) is 4.74 Å². The first-order chi connectivity index (χ1) is 10.7. The lowest BCUT2D eigenvalue weighted by Gasteiger charge is -2.17. The third-order valence-corrected chi connectivity index (χ3v) is 4.95. The SMILES string of the molecule is CO[C@H]1C[C@@H](C(=O)NCc2ccn(C3CCCC3)n2)N(C)C1. The van der Waals surface area contributed by atoms with E-state index in [-0.39, 0.29) is 18.1 Å². The van der Waals surface area contributed by atoms with Crippen molar-refractivity contribution < 1.29 is 9.53 Å². The number of aromatic nitrogens is 2. The van der Waals surface area contributed by atoms with E-state index in [0.717, 1.165) is 18.7 Å². The lowest BCUT2D eigenvalue weighted by molar-refractivity contribution is -0.125. The number of carbonyl (C=O) groups excluding carboxylic acids is 1. The fourth-order valence-electron chi connectivity index (χ4n) is 3.57. The topological polar surface area (TPSA) is 59.4 Å². The second-order valence-corrected chi connectivity index (χ2v) is 6.49. The molecule has 1 aliphatic heterocycles. The average Bonchev–Trinajstić information content (AvgIpc) is 3.24. The average molecular weight is 306 g/mol. The van der Waals surface area contributed by atoms with Crippen molar-refractivity contribution in [1.82, 2.24) is 20.0 Å². The Morgan fingerprint density at radius 2 is 2.23 bits per heavy atom. The summed E-state index contributed by atoms with van der Waals surface area (Å²) in [4.78, 5) is 14.4. The standard InChI is InChI=1S/C16H26N4O2/c1-19-11-14(22-2)9-15(19)16(21)17-10-12-7-8-20(18-12)13-5-3-4-6-13/h7-8,13-15H,3-6,9-11H2,1-2H3,(H,17,21)/t14-,15-/m0/s1. The molecule has 2 heterocycles. The third-order valence-electron chi connectivity index (χ3n) is 4.95. The minimum atomic E-state index is -0.0955. The number of hydrogen-bond donors (Lipinski definition) is 1. The minimum Gasteiger partial charge on any atom is -0.380 e. The summed E-state index contributed by atoms with van der Waals surface area (Å²) in [6.07, 6.45) is 7.99. The molecule has 0 unspecified atom stereocenters. The highest BCUT2D eigenvalue weighted by Gasteiger charge is 2.34. The zero-order chi connectivity index (χ0) is 15.5. The van der Waals surface area contributed by atoms with Gasteiger partial charge in [0.1, 0.15) is 0 Å². The van der Waals surface area contributed by atoms with Gasteiger partial charge in [-0.2, -0.15) is 5.10 Å². The number of likely N-dealkylation sites (tertiary alicyclic amines) is 1. The van der Waals surface area contributed by atoms with Gasteiger partial charge >= 0.3 is 0 Å². The van der Waals surface area contributed by atoms with Crippen LogP contribution in [-0.2, 0) is 16.1 Å². The summed E-state index contributed by atoms with van der Waals surface area (Å²) in [6.45, 7) is 1.31. The molecule has 1 aromatic rings. The van der Waals surface area contributed by atoms with Crippen LogP contribution >= 0.6 is 0 Å². The van der Waals surface area contributed by atoms with Crippen LogP contribution in [0.15, 0.2) is 12.3 Å². The number of nitrogens with one attached hydrogen (secondary N) is 1. The smallest absolute Gasteiger partial charge is 0.237 e. The van der Waals surface area contributed by atoms with Gasteiger partial charge in [0.05, 0.1) is 30.4 Å². The zero-order valence-electron chi connectivity index (χ0n) is 13.5. The van der Waals surface area contributed by atoms with Crippen molar-refractivity contribution in [1.29, 1.82) is 0 Å². The summed E-state index contributed by atoms with van der Waals surface area (Å²) in [6, 6.07) is 2.46. The number of carbonyl (C=O) groups is 1. The first-order valence-electron chi connectivity index (χ1n) is 8.22. The Hall–Kier alpha value is -1.40. The number of rotatable bonds is 5. The Morgan fingerprint density at radius 3 is 2.91 bits per heavy atom. The fourth-order valence-corrected chi connectivity index (χ4v) is 3.57. The molecule has 1 N–H and O–H groups in total. The molecule has 22 heavy (non-hydrogen) atoms. The lowest BCUT2D eigenvalue weighted by Crippen LogP contribution is -2.41. The Morgan fingerprint density at radius 1 is 1.45 bits per heavy atom. The highest BCUT2D eigenvalue weighted by atomic mass is 16.5. The number of ether oxygens (including phenoxy) is 1. The molecule has 122 valence electrons. The maximum Gasteiger partial charge on any atom is 0.237 e. The molecule has 1 saturated carbocycles. The van der Waals surface area contributed by atoms with E-state index in [1.165, 1.54) is 25.7 Å². The molecule has 1 amide bonds. The Balaban J connectivity index is 1.51. The van der Waals surface area contributed by atoms with Gasteiger partial charge in [-0.1, -0.05) is 12.8 Å². The maximum atomic E-state index is 12.3. The summed E-state index contributed by atoms with van der Waals surface area (Å²) in [5, 5.41) is 7.61. The largest absolute Gasteiger partial charge is 0.380 e. The Labute approximate surface area is 131 Å². The molecule has 0 bridgehead atoms. The van der Waals surface area contributed by atoms with Crippen LogP contribution in [0, 0.1) is 0 Å². The molecule has 0 radical (unpaired) electrons. The second kappa shape index (κ2) is 6.79. The Kier molecular flexibility index (Phi) is 4.78. The number of likely N-dealkylation sites (N-methyl/N-ethyl adjacent to an activating group) is 1. The van der Waals surface area contributed by atoms with Crippen LogP contribution < -0.4 is 5.32 Å². The van der Waals surface area contributed by atoms with Gasteiger partial charge in [-0.25, -0.2) is 0 Å². The van der Waals surface area contributed by atoms with Crippen molar-refractivity contribution in [3.63, 3.8) is 0 Å². The highest BCUT2D eigenvalue weighted by molar-refractivity contribution is 5.82. The van der Waals surface area contributed by atoms with Crippen LogP contribution in [-0.4, -0.2) is 53.4 Å². The van der Waals surface area contributed by atoms with Gasteiger partial charge in [0.25, 0.3) is 0 Å². The third kappa shape index (κ3) is 3.33. The lowest BCUT2D eigenvalue weighted by atomic mass is 10.2. The predicted octanol–water partition coefficient (Wildman–Crippen LogP) is 1.33. The van der Waals surface area contributed by atoms with Gasteiger partial charge in [-0.15, -0.1) is 0 Å². The van der Waals surface area contributed by atoms with Crippen LogP contribution in [0.2, 0.25) is 0 Å². The molecule has 0 spiro atoms. The molecule has 1 aromatic heterocycles. The highest BCUT2D eigenvalue weighted by Crippen LogP contribution is 2.28. The molecule has 1 aliphatic carbocycles. The van der Waals surface area contributed by atoms with Crippen molar-refractivity contribution in [2.45, 2.75) is 56.8 Å². The van der Waals surface area contributed by atoms with E-state index in [9.17, 15) is 4.79 Å². The van der Waals surface area contributed by atoms with E-state index < -0.39 is 0 Å². The van der Waals surface area contributed by atoms with Gasteiger partial charge in [-0.3, -0.25) is 14.4 Å². The van der Waals surface area contributed by atoms with Crippen LogP contribution in [0.25, 0.3) is 0 Å². The Bertz CT molecular complexity index is 510. The zero-order valence-corrected chi connectivity index (χ0v) is 13.5. The maximum absolute atomic E-state index is 12.3. The first kappa shape index (κ1) is 15.5. The molecular weight excluding hydrogens is 280 g/mol. The summed E-state index contributed by atoms with van der Waals surface area (Å²) >= 11 is 0. The molecule has 6 heteroatoms. The molecular formula is C16H26N4O2. The van der Waals surface area contributed by atoms with Gasteiger partial charge in [0.15, 0.2) is 0 Å². The van der Waals surface area contributed by atoms with Crippen molar-refractivity contribution in [3.8, 4) is 0 Å². The summed E-state index contributed by atoms with van der Waals surface area (Å²) in [5.41, 5.74) is 0.934. The first-order valence-corrected chi connectivity index (χ1v) is 8.22. The van der Waals surface area contributed by atoms with Gasteiger partial charge in [0, 0.05) is 19.9 Å². The van der Waals surface area contributed by atoms with Crippen molar-refractivity contribution in [2.75, 3.05) is 20.7 Å². The van der Waals surface area contributed by atoms with Gasteiger partial charge < -0.3 is 10.1 Å². The number of nitrogens with zero attached hydrogens (tertiary/aromatic N) is 3. The van der Waals surface area contributed by atoms with Crippen LogP contribution in [0.3, 0.4) is 0 Å². The molecule has 2 fully saturated rings. The van der Waals surface area contributed by atoms with Crippen molar-refractivity contribution >= 4 is 5.91 Å². The normalized spacial score (nSPS) is 26.6. The number of hydrogen-bond acceptors (Lipinski definition) is 4. The van der Waals surface area contributed by atoms with Crippen molar-refractivity contribution in [3.05, 3.63) is 18.0 Å². The second-order valence-electron chi connectivity index (χ2n) is 6.49. The molecule has 6 nitrogen and oxygen atoms in total. The van der Waals surface area contributed by atoms with E-state index >= 15 is 0 Å². The summed E-state index contributed by atoms with van der Waals surface area (Å²) in [7, 11) is 3.67. The van der Waals surface area contributed by atoms with Crippen LogP contribution in [0.1, 0.15) is 43.8 Å². The van der Waals surface area contributed by atoms with E-state index in [1.54, 1.807) is 7.11 Å². The molecule has 3 rings (SSSR count). The monoisotopic (exact) mass is 306 g/mol. The van der Waals surface area contributed by atoms with E-state index in [0.29, 0.717) is 12.6 Å². The van der Waals surface area contributed by atoms with Crippen LogP contribution in [0.4, 0.5) is 0 Å². The van der Waals surface area contributed by atoms with Crippen molar-refractivity contribution in [2.24, 2.45) is 0 Å². The van der Waals surface area contributed by atoms with E-state index in [1.807, 2.05) is 19.3 Å². The van der Waals surface area contributed by atoms with Crippen LogP contribution in [0.5, 0.6) is 0 Å². The predicted molar refractivity (Wildman–Crippen MR) is 83.4 cm³/mol. The molecule has 0 aromatic carbocycles. The van der Waals surface area contributed by atoms with Gasteiger partial charge in [0.2, 0.25) is 5.91 Å². The number of amides is 1. The molecule has 2 atom stereocenters. The number of methoxy groups -OCH3 is 1. The minimum absolute atomic E-state index is 0.0671. The quantitative estimate of drug-likeness (QED) is 0.892. The molecule has 2 aliphatic rings. The van der Waals surface area contributed by atoms with E-state index in [2.05, 4.69) is 20.0 Å². The molecule has 1 saturated heterocycles. The summed E-state index contributed by atoms with van der Waals surface area (Å²) in [5.74, 6) is 0.0671.